The van der Waals surface area contributed by atoms with E-state index in [1.165, 1.54) is 20.8 Å². The fraction of sp³-hybridized carbons (Fsp3) is 0.500. The Bertz CT molecular complexity index is 438. The molecule has 0 radical (unpaired) electrons. The summed E-state index contributed by atoms with van der Waals surface area (Å²) in [4.78, 5) is 11.6. The average molecular weight is 287 g/mol. The number of hydrogen-bond acceptors (Lipinski definition) is 2. The molecular formula is C14H19BF3O2-. The van der Waals surface area contributed by atoms with Gasteiger partial charge >= 0.3 is 12.9 Å². The Morgan fingerprint density at radius 3 is 2.20 bits per heavy atom. The van der Waals surface area contributed by atoms with Gasteiger partial charge in [0.15, 0.2) is 0 Å². The second-order valence-corrected chi connectivity index (χ2v) is 5.84. The van der Waals surface area contributed by atoms with Gasteiger partial charge < -0.3 is 17.7 Å². The molecule has 0 aromatic heterocycles. The van der Waals surface area contributed by atoms with E-state index in [0.717, 1.165) is 5.56 Å². The highest BCUT2D eigenvalue weighted by atomic mass is 19.4. The van der Waals surface area contributed by atoms with Gasteiger partial charge in [0, 0.05) is 0 Å². The summed E-state index contributed by atoms with van der Waals surface area (Å²) in [6.45, 7) is -0.608. The maximum Gasteiger partial charge on any atom is 0.518 e. The van der Waals surface area contributed by atoms with E-state index in [2.05, 4.69) is 4.74 Å². The molecule has 1 rings (SSSR count). The molecule has 1 aromatic carbocycles. The van der Waals surface area contributed by atoms with Gasteiger partial charge in [0.2, 0.25) is 0 Å². The third-order valence-electron chi connectivity index (χ3n) is 2.85. The SMILES string of the molecule is CC(C)(C)C(=O)OC(CCc1ccccc1)[B-](F)(F)F. The number of hydrogen-bond donors (Lipinski definition) is 0. The lowest BCUT2D eigenvalue weighted by Crippen LogP contribution is -2.41. The van der Waals surface area contributed by atoms with Gasteiger partial charge in [-0.2, -0.15) is 0 Å². The van der Waals surface area contributed by atoms with Crippen molar-refractivity contribution >= 4 is 12.9 Å². The lowest BCUT2D eigenvalue weighted by Gasteiger charge is -2.30. The van der Waals surface area contributed by atoms with E-state index in [9.17, 15) is 17.7 Å². The fourth-order valence-electron chi connectivity index (χ4n) is 1.59. The van der Waals surface area contributed by atoms with Crippen molar-refractivity contribution in [1.82, 2.24) is 0 Å². The maximum atomic E-state index is 13.0. The van der Waals surface area contributed by atoms with Crippen LogP contribution < -0.4 is 0 Å². The molecule has 2 nitrogen and oxygen atoms in total. The van der Waals surface area contributed by atoms with Gasteiger partial charge in [-0.05, 0) is 39.2 Å². The number of esters is 1. The van der Waals surface area contributed by atoms with Gasteiger partial charge in [-0.3, -0.25) is 4.79 Å². The first-order valence-corrected chi connectivity index (χ1v) is 6.55. The molecule has 1 aromatic rings. The molecule has 0 N–H and O–H groups in total. The summed E-state index contributed by atoms with van der Waals surface area (Å²) in [7, 11) is 0. The average Bonchev–Trinajstić information content (AvgIpc) is 2.32. The summed E-state index contributed by atoms with van der Waals surface area (Å²) in [5.74, 6) is -0.824. The molecule has 0 heterocycles. The molecule has 0 aliphatic carbocycles. The molecule has 112 valence electrons. The van der Waals surface area contributed by atoms with Crippen LogP contribution in [-0.4, -0.2) is 18.9 Å². The van der Waals surface area contributed by atoms with Gasteiger partial charge in [-0.1, -0.05) is 30.3 Å². The van der Waals surface area contributed by atoms with Crippen LogP contribution in [0.25, 0.3) is 0 Å². The van der Waals surface area contributed by atoms with Crippen molar-refractivity contribution in [2.75, 3.05) is 0 Å². The van der Waals surface area contributed by atoms with Crippen LogP contribution in [0.2, 0.25) is 0 Å². The molecule has 0 fully saturated rings. The molecule has 0 saturated carbocycles. The summed E-state index contributed by atoms with van der Waals surface area (Å²) < 4.78 is 43.5. The highest BCUT2D eigenvalue weighted by Gasteiger charge is 2.39. The van der Waals surface area contributed by atoms with Crippen molar-refractivity contribution in [2.45, 2.75) is 39.6 Å². The van der Waals surface area contributed by atoms with E-state index >= 15 is 0 Å². The van der Waals surface area contributed by atoms with Crippen molar-refractivity contribution < 1.29 is 22.5 Å². The number of carbonyl (C=O) groups is 1. The smallest absolute Gasteiger partial charge is 0.492 e. The predicted octanol–water partition coefficient (Wildman–Crippen LogP) is 3.96. The third-order valence-corrected chi connectivity index (χ3v) is 2.85. The summed E-state index contributed by atoms with van der Waals surface area (Å²) in [5.41, 5.74) is -0.142. The van der Waals surface area contributed by atoms with E-state index in [1.54, 1.807) is 30.3 Å². The number of halogens is 3. The quantitative estimate of drug-likeness (QED) is 0.605. The van der Waals surface area contributed by atoms with Gasteiger partial charge in [0.25, 0.3) is 0 Å². The maximum absolute atomic E-state index is 13.0. The fourth-order valence-corrected chi connectivity index (χ4v) is 1.59. The largest absolute Gasteiger partial charge is 0.518 e. The van der Waals surface area contributed by atoms with Crippen molar-refractivity contribution in [3.63, 3.8) is 0 Å². The molecule has 0 amide bonds. The summed E-state index contributed by atoms with van der Waals surface area (Å²) in [6.07, 6.45) is -0.0144. The van der Waals surface area contributed by atoms with E-state index in [0.29, 0.717) is 0 Å². The van der Waals surface area contributed by atoms with Crippen LogP contribution in [-0.2, 0) is 16.0 Å². The summed E-state index contributed by atoms with van der Waals surface area (Å²) in [5, 5.41) is 0. The standard InChI is InChI=1S/C14H19BF3O2/c1-14(2,3)13(19)20-12(15(16,17)18)10-9-11-7-5-4-6-8-11/h4-8,12H,9-10H2,1-3H3/q-1. The lowest BCUT2D eigenvalue weighted by atomic mass is 9.78. The minimum atomic E-state index is -5.21. The van der Waals surface area contributed by atoms with Crippen LogP contribution in [0.1, 0.15) is 32.8 Å². The van der Waals surface area contributed by atoms with E-state index in [-0.39, 0.29) is 12.8 Å². The zero-order chi connectivity index (χ0) is 15.4. The first kappa shape index (κ1) is 16.6. The first-order valence-electron chi connectivity index (χ1n) is 6.55. The van der Waals surface area contributed by atoms with Gasteiger partial charge in [0.05, 0.1) is 11.4 Å². The molecule has 0 bridgehead atoms. The molecule has 6 heteroatoms. The van der Waals surface area contributed by atoms with Crippen LogP contribution >= 0.6 is 0 Å². The number of ether oxygens (including phenoxy) is 1. The molecule has 0 spiro atoms. The lowest BCUT2D eigenvalue weighted by molar-refractivity contribution is -0.156. The van der Waals surface area contributed by atoms with Gasteiger partial charge in [-0.15, -0.1) is 0 Å². The molecule has 0 aliphatic heterocycles. The first-order chi connectivity index (χ1) is 9.10. The highest BCUT2D eigenvalue weighted by molar-refractivity contribution is 6.60. The van der Waals surface area contributed by atoms with Gasteiger partial charge in [0.1, 0.15) is 0 Å². The summed E-state index contributed by atoms with van der Waals surface area (Å²) >= 11 is 0. The van der Waals surface area contributed by atoms with E-state index < -0.39 is 24.4 Å². The molecular weight excluding hydrogens is 268 g/mol. The number of carbonyl (C=O) groups excluding carboxylic acids is 1. The summed E-state index contributed by atoms with van der Waals surface area (Å²) in [6, 6.07) is 6.85. The van der Waals surface area contributed by atoms with Gasteiger partial charge in [-0.25, -0.2) is 0 Å². The number of aryl methyl sites for hydroxylation is 1. The zero-order valence-electron chi connectivity index (χ0n) is 11.9. The minimum Gasteiger partial charge on any atom is -0.492 e. The monoisotopic (exact) mass is 287 g/mol. The van der Waals surface area contributed by atoms with Crippen LogP contribution in [0.4, 0.5) is 12.9 Å². The Hall–Kier alpha value is -1.46. The minimum absolute atomic E-state index is 0.226. The third kappa shape index (κ3) is 5.27. The number of rotatable bonds is 5. The van der Waals surface area contributed by atoms with Crippen molar-refractivity contribution in [3.05, 3.63) is 35.9 Å². The second kappa shape index (κ2) is 6.33. The van der Waals surface area contributed by atoms with Crippen LogP contribution in [0, 0.1) is 5.41 Å². The van der Waals surface area contributed by atoms with Crippen molar-refractivity contribution in [1.29, 1.82) is 0 Å². The topological polar surface area (TPSA) is 26.3 Å². The number of benzene rings is 1. The molecule has 1 unspecified atom stereocenters. The van der Waals surface area contributed by atoms with Crippen LogP contribution in [0.5, 0.6) is 0 Å². The van der Waals surface area contributed by atoms with E-state index in [1.807, 2.05) is 0 Å². The molecule has 0 saturated heterocycles. The Labute approximate surface area is 117 Å². The highest BCUT2D eigenvalue weighted by Crippen LogP contribution is 2.25. The Balaban J connectivity index is 2.69. The van der Waals surface area contributed by atoms with Crippen molar-refractivity contribution in [3.8, 4) is 0 Å². The van der Waals surface area contributed by atoms with Crippen LogP contribution in [0.3, 0.4) is 0 Å². The molecule has 20 heavy (non-hydrogen) atoms. The zero-order valence-corrected chi connectivity index (χ0v) is 11.9. The predicted molar refractivity (Wildman–Crippen MR) is 73.2 cm³/mol. The molecule has 1 atom stereocenters. The second-order valence-electron chi connectivity index (χ2n) is 5.84. The Morgan fingerprint density at radius 2 is 1.75 bits per heavy atom. The van der Waals surface area contributed by atoms with E-state index in [4.69, 9.17) is 0 Å². The molecule has 0 aliphatic rings. The Morgan fingerprint density at radius 1 is 1.20 bits per heavy atom. The van der Waals surface area contributed by atoms with Crippen molar-refractivity contribution in [2.24, 2.45) is 5.41 Å². The normalized spacial score (nSPS) is 13.9. The Kier molecular flexibility index (Phi) is 5.25. The van der Waals surface area contributed by atoms with Crippen LogP contribution in [0.15, 0.2) is 30.3 Å².